The minimum atomic E-state index is -0.150. The number of amides is 1. The standard InChI is InChI=1S/C20H21ClN2O3/c1-25-12-10-23(20(24)19-8-4-11-26-19)15-18-7-3-9-22(18)14-16-5-2-6-17(21)13-16/h2-9,11,13H,10,12,14-15H2,1H3. The Morgan fingerprint density at radius 1 is 1.23 bits per heavy atom. The minimum Gasteiger partial charge on any atom is -0.459 e. The number of hydrogen-bond acceptors (Lipinski definition) is 3. The van der Waals surface area contributed by atoms with Gasteiger partial charge in [-0.05, 0) is 42.0 Å². The molecule has 3 aromatic rings. The summed E-state index contributed by atoms with van der Waals surface area (Å²) in [6, 6.07) is 15.2. The summed E-state index contributed by atoms with van der Waals surface area (Å²) in [6.07, 6.45) is 3.51. The van der Waals surface area contributed by atoms with E-state index in [0.717, 1.165) is 11.3 Å². The van der Waals surface area contributed by atoms with Gasteiger partial charge in [-0.25, -0.2) is 0 Å². The SMILES string of the molecule is COCCN(Cc1cccn1Cc1cccc(Cl)c1)C(=O)c1ccco1. The average molecular weight is 373 g/mol. The van der Waals surface area contributed by atoms with Crippen LogP contribution in [0.25, 0.3) is 0 Å². The van der Waals surface area contributed by atoms with Crippen molar-refractivity contribution in [3.05, 3.63) is 83.0 Å². The zero-order valence-electron chi connectivity index (χ0n) is 14.6. The number of rotatable bonds is 8. The molecule has 1 amide bonds. The summed E-state index contributed by atoms with van der Waals surface area (Å²) in [6.45, 7) is 2.10. The van der Waals surface area contributed by atoms with Gasteiger partial charge in [0, 0.05) is 37.1 Å². The third kappa shape index (κ3) is 4.56. The second-order valence-electron chi connectivity index (χ2n) is 5.95. The van der Waals surface area contributed by atoms with E-state index in [9.17, 15) is 4.79 Å². The van der Waals surface area contributed by atoms with Crippen LogP contribution in [0.3, 0.4) is 0 Å². The van der Waals surface area contributed by atoms with Crippen molar-refractivity contribution in [2.45, 2.75) is 13.1 Å². The number of furan rings is 1. The van der Waals surface area contributed by atoms with Gasteiger partial charge in [0.05, 0.1) is 19.4 Å². The van der Waals surface area contributed by atoms with Crippen LogP contribution in [0.1, 0.15) is 21.8 Å². The Kier molecular flexibility index (Phi) is 6.15. The molecule has 0 radical (unpaired) electrons. The predicted molar refractivity (Wildman–Crippen MR) is 100 cm³/mol. The fourth-order valence-corrected chi connectivity index (χ4v) is 3.00. The topological polar surface area (TPSA) is 47.6 Å². The lowest BCUT2D eigenvalue weighted by Gasteiger charge is -2.22. The molecule has 0 atom stereocenters. The lowest BCUT2D eigenvalue weighted by molar-refractivity contribution is 0.0645. The molecule has 2 aromatic heterocycles. The van der Waals surface area contributed by atoms with Crippen molar-refractivity contribution < 1.29 is 13.9 Å². The number of benzene rings is 1. The number of carbonyl (C=O) groups is 1. The molecular formula is C20H21ClN2O3. The molecule has 0 aliphatic rings. The Bertz CT molecular complexity index is 842. The maximum absolute atomic E-state index is 12.7. The molecule has 6 heteroatoms. The fourth-order valence-electron chi connectivity index (χ4n) is 2.78. The number of nitrogens with zero attached hydrogens (tertiary/aromatic N) is 2. The van der Waals surface area contributed by atoms with Gasteiger partial charge in [0.15, 0.2) is 5.76 Å². The second-order valence-corrected chi connectivity index (χ2v) is 6.39. The predicted octanol–water partition coefficient (Wildman–Crippen LogP) is 4.07. The summed E-state index contributed by atoms with van der Waals surface area (Å²) in [5.74, 6) is 0.177. The van der Waals surface area contributed by atoms with Crippen molar-refractivity contribution >= 4 is 17.5 Å². The van der Waals surface area contributed by atoms with Crippen LogP contribution in [0, 0.1) is 0 Å². The number of halogens is 1. The molecular weight excluding hydrogens is 352 g/mol. The summed E-state index contributed by atoms with van der Waals surface area (Å²) in [5, 5.41) is 0.714. The van der Waals surface area contributed by atoms with Crippen LogP contribution < -0.4 is 0 Å². The lowest BCUT2D eigenvalue weighted by atomic mass is 10.2. The first-order chi connectivity index (χ1) is 12.7. The highest BCUT2D eigenvalue weighted by molar-refractivity contribution is 6.30. The maximum Gasteiger partial charge on any atom is 0.289 e. The molecule has 0 bridgehead atoms. The van der Waals surface area contributed by atoms with Crippen LogP contribution in [0.5, 0.6) is 0 Å². The number of carbonyl (C=O) groups excluding carboxylic acids is 1. The number of ether oxygens (including phenoxy) is 1. The highest BCUT2D eigenvalue weighted by Gasteiger charge is 2.19. The molecule has 0 spiro atoms. The normalized spacial score (nSPS) is 10.8. The molecule has 0 aliphatic carbocycles. The highest BCUT2D eigenvalue weighted by Crippen LogP contribution is 2.16. The monoisotopic (exact) mass is 372 g/mol. The molecule has 1 aromatic carbocycles. The third-order valence-corrected chi connectivity index (χ3v) is 4.34. The van der Waals surface area contributed by atoms with E-state index in [-0.39, 0.29) is 5.91 Å². The van der Waals surface area contributed by atoms with Crippen molar-refractivity contribution in [1.29, 1.82) is 0 Å². The number of methoxy groups -OCH3 is 1. The van der Waals surface area contributed by atoms with Crippen LogP contribution in [0.15, 0.2) is 65.4 Å². The zero-order valence-corrected chi connectivity index (χ0v) is 15.4. The molecule has 136 valence electrons. The second kappa shape index (κ2) is 8.74. The lowest BCUT2D eigenvalue weighted by Crippen LogP contribution is -2.34. The molecule has 2 heterocycles. The van der Waals surface area contributed by atoms with Gasteiger partial charge in [0.2, 0.25) is 0 Å². The van der Waals surface area contributed by atoms with Crippen molar-refractivity contribution in [3.8, 4) is 0 Å². The zero-order chi connectivity index (χ0) is 18.4. The van der Waals surface area contributed by atoms with Gasteiger partial charge in [-0.1, -0.05) is 23.7 Å². The van der Waals surface area contributed by atoms with Crippen LogP contribution in [-0.2, 0) is 17.8 Å². The molecule has 5 nitrogen and oxygen atoms in total. The van der Waals surface area contributed by atoms with E-state index < -0.39 is 0 Å². The molecule has 0 saturated heterocycles. The minimum absolute atomic E-state index is 0.150. The van der Waals surface area contributed by atoms with E-state index in [1.54, 1.807) is 24.1 Å². The Labute approximate surface area is 157 Å². The van der Waals surface area contributed by atoms with Gasteiger partial charge in [-0.3, -0.25) is 4.79 Å². The molecule has 0 unspecified atom stereocenters. The van der Waals surface area contributed by atoms with Gasteiger partial charge in [0.25, 0.3) is 5.91 Å². The van der Waals surface area contributed by atoms with E-state index in [2.05, 4.69) is 4.57 Å². The quantitative estimate of drug-likeness (QED) is 0.598. The fraction of sp³-hybridized carbons (Fsp3) is 0.250. The Morgan fingerprint density at radius 3 is 2.85 bits per heavy atom. The van der Waals surface area contributed by atoms with E-state index in [0.29, 0.717) is 37.0 Å². The van der Waals surface area contributed by atoms with E-state index in [1.807, 2.05) is 42.6 Å². The van der Waals surface area contributed by atoms with E-state index in [4.69, 9.17) is 20.8 Å². The van der Waals surface area contributed by atoms with Crippen molar-refractivity contribution in [3.63, 3.8) is 0 Å². The first-order valence-electron chi connectivity index (χ1n) is 8.37. The first kappa shape index (κ1) is 18.3. The highest BCUT2D eigenvalue weighted by atomic mass is 35.5. The Morgan fingerprint density at radius 2 is 2.12 bits per heavy atom. The molecule has 0 saturated carbocycles. The smallest absolute Gasteiger partial charge is 0.289 e. The van der Waals surface area contributed by atoms with E-state index >= 15 is 0 Å². The third-order valence-electron chi connectivity index (χ3n) is 4.10. The first-order valence-corrected chi connectivity index (χ1v) is 8.75. The molecule has 26 heavy (non-hydrogen) atoms. The molecule has 0 fully saturated rings. The van der Waals surface area contributed by atoms with Crippen LogP contribution in [-0.4, -0.2) is 35.6 Å². The average Bonchev–Trinajstić information content (AvgIpc) is 3.30. The molecule has 0 aliphatic heterocycles. The van der Waals surface area contributed by atoms with Crippen molar-refractivity contribution in [2.24, 2.45) is 0 Å². The number of aromatic nitrogens is 1. The van der Waals surface area contributed by atoms with Gasteiger partial charge in [-0.15, -0.1) is 0 Å². The van der Waals surface area contributed by atoms with Gasteiger partial charge in [0.1, 0.15) is 0 Å². The van der Waals surface area contributed by atoms with Crippen LogP contribution >= 0.6 is 11.6 Å². The van der Waals surface area contributed by atoms with Crippen LogP contribution in [0.2, 0.25) is 5.02 Å². The van der Waals surface area contributed by atoms with Gasteiger partial charge < -0.3 is 18.6 Å². The van der Waals surface area contributed by atoms with Gasteiger partial charge in [-0.2, -0.15) is 0 Å². The Hall–Kier alpha value is -2.50. The van der Waals surface area contributed by atoms with E-state index in [1.165, 1.54) is 6.26 Å². The summed E-state index contributed by atoms with van der Waals surface area (Å²) in [5.41, 5.74) is 2.14. The maximum atomic E-state index is 12.7. The van der Waals surface area contributed by atoms with Crippen LogP contribution in [0.4, 0.5) is 0 Å². The van der Waals surface area contributed by atoms with Crippen molar-refractivity contribution in [1.82, 2.24) is 9.47 Å². The number of hydrogen-bond donors (Lipinski definition) is 0. The van der Waals surface area contributed by atoms with Crippen molar-refractivity contribution in [2.75, 3.05) is 20.3 Å². The largest absolute Gasteiger partial charge is 0.459 e. The molecule has 3 rings (SSSR count). The summed E-state index contributed by atoms with van der Waals surface area (Å²) in [7, 11) is 1.62. The van der Waals surface area contributed by atoms with Gasteiger partial charge >= 0.3 is 0 Å². The molecule has 0 N–H and O–H groups in total. The summed E-state index contributed by atoms with van der Waals surface area (Å²) in [4.78, 5) is 14.4. The Balaban J connectivity index is 1.77. The summed E-state index contributed by atoms with van der Waals surface area (Å²) >= 11 is 6.08. The summed E-state index contributed by atoms with van der Waals surface area (Å²) < 4.78 is 12.5.